The van der Waals surface area contributed by atoms with Gasteiger partial charge in [0.1, 0.15) is 0 Å². The molecule has 0 saturated carbocycles. The Bertz CT molecular complexity index is 1760. The van der Waals surface area contributed by atoms with Gasteiger partial charge < -0.3 is 0 Å². The van der Waals surface area contributed by atoms with E-state index in [9.17, 15) is 0 Å². The van der Waals surface area contributed by atoms with Gasteiger partial charge in [-0.2, -0.15) is 0 Å². The van der Waals surface area contributed by atoms with Gasteiger partial charge >= 0.3 is 0 Å². The lowest BCUT2D eigenvalue weighted by molar-refractivity contribution is 0.792. The summed E-state index contributed by atoms with van der Waals surface area (Å²) in [5, 5.41) is 2.64. The van der Waals surface area contributed by atoms with Crippen molar-refractivity contribution in [3.05, 3.63) is 148 Å². The van der Waals surface area contributed by atoms with E-state index in [0.29, 0.717) is 0 Å². The molecule has 0 heterocycles. The standard InChI is InChI=1S/C36H28/c1-4-5-6-9-25-14-18-31-30(22-25)28-16-12-23(2)20-33(28)36(31)32-19-15-26-10-7-8-11-27(26)35(32)29-17-13-24(3)21-34(29)36/h4-22H,1-3H3/b5-4-,9-6-. The van der Waals surface area contributed by atoms with Crippen LogP contribution in [0.1, 0.15) is 45.9 Å². The van der Waals surface area contributed by atoms with Crippen LogP contribution < -0.4 is 0 Å². The second-order valence-corrected chi connectivity index (χ2v) is 10.2. The van der Waals surface area contributed by atoms with Crippen molar-refractivity contribution in [1.29, 1.82) is 0 Å². The highest BCUT2D eigenvalue weighted by Gasteiger charge is 2.52. The molecule has 1 unspecified atom stereocenters. The summed E-state index contributed by atoms with van der Waals surface area (Å²) in [6.07, 6.45) is 8.48. The first-order chi connectivity index (χ1) is 17.6. The van der Waals surface area contributed by atoms with E-state index >= 15 is 0 Å². The lowest BCUT2D eigenvalue weighted by Crippen LogP contribution is -2.26. The van der Waals surface area contributed by atoms with Crippen molar-refractivity contribution < 1.29 is 0 Å². The molecule has 0 aromatic heterocycles. The fourth-order valence-electron chi connectivity index (χ4n) is 6.63. The second kappa shape index (κ2) is 7.67. The van der Waals surface area contributed by atoms with Gasteiger partial charge in [-0.25, -0.2) is 0 Å². The highest BCUT2D eigenvalue weighted by molar-refractivity contribution is 6.06. The normalized spacial score (nSPS) is 17.2. The predicted molar refractivity (Wildman–Crippen MR) is 154 cm³/mol. The van der Waals surface area contributed by atoms with Crippen molar-refractivity contribution >= 4 is 16.8 Å². The maximum atomic E-state index is 2.44. The van der Waals surface area contributed by atoms with Crippen LogP contribution >= 0.6 is 0 Å². The maximum Gasteiger partial charge on any atom is 0.0725 e. The van der Waals surface area contributed by atoms with Crippen molar-refractivity contribution in [2.24, 2.45) is 0 Å². The van der Waals surface area contributed by atoms with Gasteiger partial charge in [0.25, 0.3) is 0 Å². The van der Waals surface area contributed by atoms with Crippen LogP contribution in [0.2, 0.25) is 0 Å². The van der Waals surface area contributed by atoms with Gasteiger partial charge in [-0.1, -0.05) is 120 Å². The van der Waals surface area contributed by atoms with Gasteiger partial charge in [0.2, 0.25) is 0 Å². The molecular formula is C36H28. The topological polar surface area (TPSA) is 0 Å². The molecule has 7 rings (SSSR count). The van der Waals surface area contributed by atoms with Crippen LogP contribution in [0, 0.1) is 13.8 Å². The van der Waals surface area contributed by atoms with E-state index in [1.54, 1.807) is 0 Å². The molecule has 0 saturated heterocycles. The number of hydrogen-bond acceptors (Lipinski definition) is 0. The lowest BCUT2D eigenvalue weighted by atomic mass is 9.70. The zero-order chi connectivity index (χ0) is 24.4. The minimum atomic E-state index is -0.303. The molecule has 0 nitrogen and oxygen atoms in total. The van der Waals surface area contributed by atoms with Gasteiger partial charge in [0.05, 0.1) is 5.41 Å². The van der Waals surface area contributed by atoms with E-state index in [0.717, 1.165) is 0 Å². The van der Waals surface area contributed by atoms with Gasteiger partial charge in [0.15, 0.2) is 0 Å². The first-order valence-electron chi connectivity index (χ1n) is 12.8. The third-order valence-corrected chi connectivity index (χ3v) is 8.09. The zero-order valence-electron chi connectivity index (χ0n) is 21.0. The van der Waals surface area contributed by atoms with Crippen LogP contribution in [0.25, 0.3) is 39.1 Å². The summed E-state index contributed by atoms with van der Waals surface area (Å²) in [5.74, 6) is 0. The van der Waals surface area contributed by atoms with Gasteiger partial charge in [-0.05, 0) is 87.7 Å². The van der Waals surface area contributed by atoms with Crippen LogP contribution in [-0.4, -0.2) is 0 Å². The monoisotopic (exact) mass is 460 g/mol. The minimum Gasteiger partial charge on any atom is -0.0877 e. The molecule has 2 aliphatic rings. The third-order valence-electron chi connectivity index (χ3n) is 8.09. The molecule has 5 aromatic rings. The Morgan fingerprint density at radius 1 is 0.583 bits per heavy atom. The Balaban J connectivity index is 1.64. The predicted octanol–water partition coefficient (Wildman–Crippen LogP) is 9.39. The molecule has 36 heavy (non-hydrogen) atoms. The van der Waals surface area contributed by atoms with Crippen molar-refractivity contribution in [2.75, 3.05) is 0 Å². The minimum absolute atomic E-state index is 0.303. The summed E-state index contributed by atoms with van der Waals surface area (Å²) in [7, 11) is 0. The second-order valence-electron chi connectivity index (χ2n) is 10.2. The molecule has 0 aliphatic heterocycles. The van der Waals surface area contributed by atoms with Crippen LogP contribution in [0.15, 0.2) is 109 Å². The van der Waals surface area contributed by atoms with Crippen LogP contribution in [0.3, 0.4) is 0 Å². The van der Waals surface area contributed by atoms with E-state index in [-0.39, 0.29) is 5.41 Å². The molecule has 1 atom stereocenters. The summed E-state index contributed by atoms with van der Waals surface area (Å²) in [4.78, 5) is 0. The summed E-state index contributed by atoms with van der Waals surface area (Å²) >= 11 is 0. The quantitative estimate of drug-likeness (QED) is 0.225. The molecule has 0 N–H and O–H groups in total. The highest BCUT2D eigenvalue weighted by Crippen LogP contribution is 2.64. The summed E-state index contributed by atoms with van der Waals surface area (Å²) in [6, 6.07) is 34.7. The SMILES string of the molecule is C/C=C\C=C/c1ccc2c(c1)-c1ccc(C)cc1C21c2cc(C)ccc2-c2c1ccc1ccccc21. The Morgan fingerprint density at radius 3 is 2.11 bits per heavy atom. The molecular weight excluding hydrogens is 432 g/mol. The van der Waals surface area contributed by atoms with Crippen LogP contribution in [-0.2, 0) is 5.41 Å². The van der Waals surface area contributed by atoms with Crippen LogP contribution in [0.4, 0.5) is 0 Å². The average molecular weight is 461 g/mol. The molecule has 0 amide bonds. The molecule has 0 fully saturated rings. The first-order valence-corrected chi connectivity index (χ1v) is 12.8. The van der Waals surface area contributed by atoms with E-state index < -0.39 is 0 Å². The van der Waals surface area contributed by atoms with Crippen molar-refractivity contribution in [3.63, 3.8) is 0 Å². The van der Waals surface area contributed by atoms with Gasteiger partial charge in [0, 0.05) is 0 Å². The van der Waals surface area contributed by atoms with Crippen molar-refractivity contribution in [2.45, 2.75) is 26.2 Å². The van der Waals surface area contributed by atoms with E-state index in [2.05, 4.69) is 136 Å². The van der Waals surface area contributed by atoms with E-state index in [1.165, 1.54) is 72.0 Å². The summed E-state index contributed by atoms with van der Waals surface area (Å²) in [5.41, 5.74) is 14.6. The summed E-state index contributed by atoms with van der Waals surface area (Å²) < 4.78 is 0. The number of aryl methyl sites for hydroxylation is 2. The molecule has 2 aliphatic carbocycles. The van der Waals surface area contributed by atoms with Crippen LogP contribution in [0.5, 0.6) is 0 Å². The number of allylic oxidation sites excluding steroid dienone is 3. The number of fused-ring (bicyclic) bond motifs is 12. The Hall–Kier alpha value is -4.16. The van der Waals surface area contributed by atoms with Gasteiger partial charge in [-0.3, -0.25) is 0 Å². The molecule has 0 radical (unpaired) electrons. The molecule has 1 spiro atoms. The maximum absolute atomic E-state index is 2.44. The van der Waals surface area contributed by atoms with E-state index in [1.807, 2.05) is 0 Å². The van der Waals surface area contributed by atoms with E-state index in [4.69, 9.17) is 0 Å². The van der Waals surface area contributed by atoms with Gasteiger partial charge in [-0.15, -0.1) is 0 Å². The Kier molecular flexibility index (Phi) is 4.51. The number of rotatable bonds is 2. The fraction of sp³-hybridized carbons (Fsp3) is 0.111. The highest BCUT2D eigenvalue weighted by atomic mass is 14.5. The third kappa shape index (κ3) is 2.70. The molecule has 172 valence electrons. The first kappa shape index (κ1) is 21.1. The zero-order valence-corrected chi connectivity index (χ0v) is 21.0. The average Bonchev–Trinajstić information content (AvgIpc) is 3.34. The van der Waals surface area contributed by atoms with Crippen molar-refractivity contribution in [3.8, 4) is 22.3 Å². The molecule has 0 bridgehead atoms. The molecule has 5 aromatic carbocycles. The Morgan fingerprint density at radius 2 is 1.31 bits per heavy atom. The number of benzene rings is 5. The largest absolute Gasteiger partial charge is 0.0877 e. The number of hydrogen-bond donors (Lipinski definition) is 0. The van der Waals surface area contributed by atoms with Crippen molar-refractivity contribution in [1.82, 2.24) is 0 Å². The summed E-state index contributed by atoms with van der Waals surface area (Å²) in [6.45, 7) is 6.49. The Labute approximate surface area is 213 Å². The fourth-order valence-corrected chi connectivity index (χ4v) is 6.63. The smallest absolute Gasteiger partial charge is 0.0725 e. The molecule has 0 heteroatoms. The lowest BCUT2D eigenvalue weighted by Gasteiger charge is -2.31.